The van der Waals surface area contributed by atoms with Crippen molar-refractivity contribution in [2.45, 2.75) is 32.8 Å². The summed E-state index contributed by atoms with van der Waals surface area (Å²) in [5.74, 6) is -0.0598. The fourth-order valence-electron chi connectivity index (χ4n) is 1.55. The molecule has 0 radical (unpaired) electrons. The molecule has 0 saturated carbocycles. The highest BCUT2D eigenvalue weighted by molar-refractivity contribution is 5.87. The molecule has 0 N–H and O–H groups in total. The summed E-state index contributed by atoms with van der Waals surface area (Å²) >= 11 is 0. The molecule has 2 nitrogen and oxygen atoms in total. The molecular weight excluding hydrogens is 188 g/mol. The van der Waals surface area contributed by atoms with Crippen LogP contribution < -0.4 is 0 Å². The summed E-state index contributed by atoms with van der Waals surface area (Å²) in [5, 5.41) is 0. The van der Waals surface area contributed by atoms with Gasteiger partial charge in [0.25, 0.3) is 0 Å². The van der Waals surface area contributed by atoms with Crippen LogP contribution in [0.15, 0.2) is 36.5 Å². The van der Waals surface area contributed by atoms with E-state index in [9.17, 15) is 4.79 Å². The summed E-state index contributed by atoms with van der Waals surface area (Å²) in [6, 6.07) is 0. The zero-order chi connectivity index (χ0) is 11.3. The SMILES string of the molecule is C=C(C)C(=O)OC(CCC)C1C=CC=C1. The minimum atomic E-state index is -0.290. The maximum absolute atomic E-state index is 11.4. The van der Waals surface area contributed by atoms with Crippen LogP contribution in [0.25, 0.3) is 0 Å². The van der Waals surface area contributed by atoms with Gasteiger partial charge in [-0.3, -0.25) is 0 Å². The Kier molecular flexibility index (Phi) is 4.35. The number of rotatable bonds is 5. The number of carbonyl (C=O) groups excluding carboxylic acids is 1. The van der Waals surface area contributed by atoms with Crippen molar-refractivity contribution in [2.75, 3.05) is 0 Å². The van der Waals surface area contributed by atoms with Crippen molar-refractivity contribution in [3.05, 3.63) is 36.5 Å². The van der Waals surface area contributed by atoms with Crippen LogP contribution in [0.1, 0.15) is 26.7 Å². The minimum absolute atomic E-state index is 0.0470. The molecule has 0 fully saturated rings. The molecule has 0 saturated heterocycles. The average molecular weight is 206 g/mol. The van der Waals surface area contributed by atoms with Crippen molar-refractivity contribution in [2.24, 2.45) is 5.92 Å². The van der Waals surface area contributed by atoms with Crippen LogP contribution in [0.2, 0.25) is 0 Å². The third-order valence-corrected chi connectivity index (χ3v) is 2.39. The van der Waals surface area contributed by atoms with E-state index in [1.807, 2.05) is 12.2 Å². The molecule has 0 aromatic rings. The van der Waals surface area contributed by atoms with E-state index < -0.39 is 0 Å². The number of hydrogen-bond donors (Lipinski definition) is 0. The van der Waals surface area contributed by atoms with Crippen LogP contribution in [0.3, 0.4) is 0 Å². The van der Waals surface area contributed by atoms with Crippen molar-refractivity contribution in [1.82, 2.24) is 0 Å². The molecule has 1 atom stereocenters. The Bertz CT molecular complexity index is 288. The highest BCUT2D eigenvalue weighted by Gasteiger charge is 2.21. The van der Waals surface area contributed by atoms with Gasteiger partial charge in [-0.2, -0.15) is 0 Å². The van der Waals surface area contributed by atoms with E-state index in [1.165, 1.54) is 0 Å². The lowest BCUT2D eigenvalue weighted by Gasteiger charge is -2.21. The van der Waals surface area contributed by atoms with Gasteiger partial charge in [-0.25, -0.2) is 4.79 Å². The van der Waals surface area contributed by atoms with E-state index in [-0.39, 0.29) is 18.0 Å². The third-order valence-electron chi connectivity index (χ3n) is 2.39. The fourth-order valence-corrected chi connectivity index (χ4v) is 1.55. The van der Waals surface area contributed by atoms with Gasteiger partial charge in [-0.05, 0) is 13.3 Å². The molecule has 0 bridgehead atoms. The van der Waals surface area contributed by atoms with Gasteiger partial charge in [0.1, 0.15) is 6.10 Å². The van der Waals surface area contributed by atoms with E-state index in [0.717, 1.165) is 12.8 Å². The van der Waals surface area contributed by atoms with Crippen molar-refractivity contribution in [3.8, 4) is 0 Å². The minimum Gasteiger partial charge on any atom is -0.458 e. The van der Waals surface area contributed by atoms with E-state index in [1.54, 1.807) is 6.92 Å². The molecule has 0 heterocycles. The van der Waals surface area contributed by atoms with Gasteiger partial charge in [-0.1, -0.05) is 44.2 Å². The topological polar surface area (TPSA) is 26.3 Å². The second-order valence-electron chi connectivity index (χ2n) is 3.86. The molecule has 82 valence electrons. The van der Waals surface area contributed by atoms with Gasteiger partial charge in [0.05, 0.1) is 0 Å². The highest BCUT2D eigenvalue weighted by atomic mass is 16.5. The summed E-state index contributed by atoms with van der Waals surface area (Å²) in [6.07, 6.45) is 9.95. The molecular formula is C13H18O2. The Labute approximate surface area is 91.3 Å². The monoisotopic (exact) mass is 206 g/mol. The van der Waals surface area contributed by atoms with Crippen molar-refractivity contribution < 1.29 is 9.53 Å². The first-order valence-corrected chi connectivity index (χ1v) is 5.36. The smallest absolute Gasteiger partial charge is 0.333 e. The summed E-state index contributed by atoms with van der Waals surface area (Å²) in [4.78, 5) is 11.4. The van der Waals surface area contributed by atoms with E-state index >= 15 is 0 Å². The Morgan fingerprint density at radius 3 is 2.53 bits per heavy atom. The van der Waals surface area contributed by atoms with Crippen molar-refractivity contribution in [1.29, 1.82) is 0 Å². The molecule has 1 aliphatic rings. The maximum Gasteiger partial charge on any atom is 0.333 e. The maximum atomic E-state index is 11.4. The molecule has 2 heteroatoms. The zero-order valence-corrected chi connectivity index (χ0v) is 9.40. The summed E-state index contributed by atoms with van der Waals surface area (Å²) < 4.78 is 5.40. The largest absolute Gasteiger partial charge is 0.458 e. The third kappa shape index (κ3) is 3.39. The Morgan fingerprint density at radius 2 is 2.07 bits per heavy atom. The molecule has 0 spiro atoms. The quantitative estimate of drug-likeness (QED) is 0.510. The Morgan fingerprint density at radius 1 is 1.47 bits per heavy atom. The molecule has 0 amide bonds. The first-order valence-electron chi connectivity index (χ1n) is 5.36. The van der Waals surface area contributed by atoms with E-state index in [0.29, 0.717) is 5.57 Å². The first-order chi connectivity index (χ1) is 7.15. The lowest BCUT2D eigenvalue weighted by atomic mass is 10.0. The first kappa shape index (κ1) is 11.8. The van der Waals surface area contributed by atoms with Crippen LogP contribution in [-0.4, -0.2) is 12.1 Å². The Hall–Kier alpha value is -1.31. The number of carbonyl (C=O) groups is 1. The Balaban J connectivity index is 2.57. The zero-order valence-electron chi connectivity index (χ0n) is 9.40. The molecule has 1 rings (SSSR count). The van der Waals surface area contributed by atoms with Crippen molar-refractivity contribution >= 4 is 5.97 Å². The lowest BCUT2D eigenvalue weighted by Crippen LogP contribution is -2.24. The highest BCUT2D eigenvalue weighted by Crippen LogP contribution is 2.21. The van der Waals surface area contributed by atoms with Gasteiger partial charge in [0.15, 0.2) is 0 Å². The number of ether oxygens (including phenoxy) is 1. The average Bonchev–Trinajstić information content (AvgIpc) is 2.69. The van der Waals surface area contributed by atoms with Crippen LogP contribution in [0.4, 0.5) is 0 Å². The van der Waals surface area contributed by atoms with Gasteiger partial charge in [0.2, 0.25) is 0 Å². The normalized spacial score (nSPS) is 16.7. The number of hydrogen-bond acceptors (Lipinski definition) is 2. The molecule has 1 aliphatic carbocycles. The fraction of sp³-hybridized carbons (Fsp3) is 0.462. The standard InChI is InChI=1S/C13H18O2/c1-4-7-12(11-8-5-6-9-11)15-13(14)10(2)3/h5-6,8-9,11-12H,2,4,7H2,1,3H3. The summed E-state index contributed by atoms with van der Waals surface area (Å²) in [5.41, 5.74) is 0.460. The van der Waals surface area contributed by atoms with Gasteiger partial charge < -0.3 is 4.74 Å². The van der Waals surface area contributed by atoms with Crippen molar-refractivity contribution in [3.63, 3.8) is 0 Å². The van der Waals surface area contributed by atoms with Gasteiger partial charge in [-0.15, -0.1) is 0 Å². The lowest BCUT2D eigenvalue weighted by molar-refractivity contribution is -0.145. The molecule has 15 heavy (non-hydrogen) atoms. The van der Waals surface area contributed by atoms with E-state index in [2.05, 4.69) is 25.7 Å². The molecule has 0 aromatic carbocycles. The van der Waals surface area contributed by atoms with Gasteiger partial charge >= 0.3 is 5.97 Å². The number of allylic oxidation sites excluding steroid dienone is 2. The second kappa shape index (κ2) is 5.54. The number of esters is 1. The molecule has 0 aromatic heterocycles. The molecule has 1 unspecified atom stereocenters. The van der Waals surface area contributed by atoms with Crippen LogP contribution in [-0.2, 0) is 9.53 Å². The summed E-state index contributed by atoms with van der Waals surface area (Å²) in [7, 11) is 0. The van der Waals surface area contributed by atoms with E-state index in [4.69, 9.17) is 4.74 Å². The van der Waals surface area contributed by atoms with Crippen LogP contribution in [0.5, 0.6) is 0 Å². The van der Waals surface area contributed by atoms with Crippen LogP contribution >= 0.6 is 0 Å². The predicted octanol–water partition coefficient (Wildman–Crippen LogP) is 3.02. The molecule has 0 aliphatic heterocycles. The second-order valence-corrected chi connectivity index (χ2v) is 3.86. The van der Waals surface area contributed by atoms with Crippen LogP contribution in [0, 0.1) is 5.92 Å². The van der Waals surface area contributed by atoms with Gasteiger partial charge in [0, 0.05) is 11.5 Å². The predicted molar refractivity (Wildman–Crippen MR) is 61.4 cm³/mol. The summed E-state index contributed by atoms with van der Waals surface area (Å²) in [6.45, 7) is 7.34.